The SMILES string of the molecule is CCNC(=NCCCN1C(=O)C2C3C=CC(C3)C2C1=O)NCCCCOCC.I. The molecule has 7 nitrogen and oxygen atoms in total. The molecule has 2 N–H and O–H groups in total. The zero-order chi connectivity index (χ0) is 19.9. The summed E-state index contributed by atoms with van der Waals surface area (Å²) in [6.45, 7) is 8.31. The number of hydrogen-bond acceptors (Lipinski definition) is 4. The number of likely N-dealkylation sites (tertiary alicyclic amines) is 1. The van der Waals surface area contributed by atoms with Crippen molar-refractivity contribution in [1.82, 2.24) is 15.5 Å². The van der Waals surface area contributed by atoms with Crippen LogP contribution in [0.1, 0.15) is 39.5 Å². The number of ether oxygens (including phenoxy) is 1. The van der Waals surface area contributed by atoms with Crippen LogP contribution < -0.4 is 10.6 Å². The van der Waals surface area contributed by atoms with E-state index in [1.54, 1.807) is 0 Å². The molecule has 0 radical (unpaired) electrons. The molecule has 1 aliphatic heterocycles. The Morgan fingerprint density at radius 3 is 2.41 bits per heavy atom. The largest absolute Gasteiger partial charge is 0.382 e. The lowest BCUT2D eigenvalue weighted by atomic mass is 9.85. The Balaban J connectivity index is 0.00000300. The summed E-state index contributed by atoms with van der Waals surface area (Å²) < 4.78 is 5.34. The van der Waals surface area contributed by atoms with Gasteiger partial charge in [-0.25, -0.2) is 0 Å². The van der Waals surface area contributed by atoms with Gasteiger partial charge in [0.05, 0.1) is 11.8 Å². The number of allylic oxidation sites excluding steroid dienone is 2. The quantitative estimate of drug-likeness (QED) is 0.109. The molecule has 4 atom stereocenters. The molecule has 2 fully saturated rings. The summed E-state index contributed by atoms with van der Waals surface area (Å²) in [5.41, 5.74) is 0. The van der Waals surface area contributed by atoms with E-state index in [-0.39, 0.29) is 59.5 Å². The second-order valence-corrected chi connectivity index (χ2v) is 7.77. The molecule has 2 aliphatic carbocycles. The minimum absolute atomic E-state index is 0. The standard InChI is InChI=1S/C21H34N4O3.HI/c1-3-22-21(23-10-5-6-13-28-4-2)24-11-7-12-25-19(26)17-15-8-9-16(14-15)18(17)20(25)27;/h8-9,15-18H,3-7,10-14H2,1-2H3,(H2,22,23,24);1H. The van der Waals surface area contributed by atoms with Gasteiger partial charge in [0.25, 0.3) is 0 Å². The van der Waals surface area contributed by atoms with Gasteiger partial charge in [-0.1, -0.05) is 12.2 Å². The number of rotatable bonds is 11. The van der Waals surface area contributed by atoms with E-state index in [4.69, 9.17) is 4.74 Å². The first-order chi connectivity index (χ1) is 13.7. The number of nitrogens with zero attached hydrogens (tertiary/aromatic N) is 2. The fourth-order valence-corrected chi connectivity index (χ4v) is 4.63. The van der Waals surface area contributed by atoms with Crippen LogP contribution in [0.15, 0.2) is 17.1 Å². The molecule has 29 heavy (non-hydrogen) atoms. The number of amides is 2. The van der Waals surface area contributed by atoms with Crippen molar-refractivity contribution in [3.63, 3.8) is 0 Å². The second-order valence-electron chi connectivity index (χ2n) is 7.77. The van der Waals surface area contributed by atoms with E-state index in [0.29, 0.717) is 19.5 Å². The molecule has 8 heteroatoms. The summed E-state index contributed by atoms with van der Waals surface area (Å²) >= 11 is 0. The van der Waals surface area contributed by atoms with Gasteiger partial charge in [0.2, 0.25) is 11.8 Å². The Morgan fingerprint density at radius 2 is 1.79 bits per heavy atom. The normalized spacial score (nSPS) is 27.4. The molecular formula is C21H35IN4O3. The summed E-state index contributed by atoms with van der Waals surface area (Å²) in [4.78, 5) is 31.4. The zero-order valence-electron chi connectivity index (χ0n) is 17.6. The lowest BCUT2D eigenvalue weighted by Crippen LogP contribution is -2.38. The molecule has 2 bridgehead atoms. The van der Waals surface area contributed by atoms with Gasteiger partial charge >= 0.3 is 0 Å². The van der Waals surface area contributed by atoms with Crippen LogP contribution in [0.2, 0.25) is 0 Å². The predicted molar refractivity (Wildman–Crippen MR) is 124 cm³/mol. The van der Waals surface area contributed by atoms with E-state index in [2.05, 4.69) is 27.8 Å². The molecule has 3 aliphatic rings. The van der Waals surface area contributed by atoms with E-state index in [1.165, 1.54) is 4.90 Å². The number of unbranched alkanes of at least 4 members (excludes halogenated alkanes) is 1. The van der Waals surface area contributed by atoms with Crippen molar-refractivity contribution in [3.8, 4) is 0 Å². The Labute approximate surface area is 191 Å². The highest BCUT2D eigenvalue weighted by atomic mass is 127. The maximum absolute atomic E-state index is 12.7. The summed E-state index contributed by atoms with van der Waals surface area (Å²) in [6, 6.07) is 0. The van der Waals surface area contributed by atoms with Crippen molar-refractivity contribution >= 4 is 41.8 Å². The van der Waals surface area contributed by atoms with Gasteiger partial charge in [-0.2, -0.15) is 0 Å². The van der Waals surface area contributed by atoms with Crippen LogP contribution in [-0.4, -0.2) is 62.1 Å². The number of hydrogen-bond donors (Lipinski definition) is 2. The van der Waals surface area contributed by atoms with Crippen LogP contribution >= 0.6 is 24.0 Å². The molecule has 1 saturated carbocycles. The van der Waals surface area contributed by atoms with E-state index in [0.717, 1.165) is 51.5 Å². The third kappa shape index (κ3) is 5.71. The molecule has 1 saturated heterocycles. The Hall–Kier alpha value is -1.16. The van der Waals surface area contributed by atoms with Crippen LogP contribution in [0.3, 0.4) is 0 Å². The van der Waals surface area contributed by atoms with Crippen molar-refractivity contribution in [3.05, 3.63) is 12.2 Å². The zero-order valence-corrected chi connectivity index (χ0v) is 19.9. The van der Waals surface area contributed by atoms with E-state index >= 15 is 0 Å². The summed E-state index contributed by atoms with van der Waals surface area (Å²) in [7, 11) is 0. The first-order valence-corrected chi connectivity index (χ1v) is 10.8. The van der Waals surface area contributed by atoms with Crippen LogP contribution in [-0.2, 0) is 14.3 Å². The smallest absolute Gasteiger partial charge is 0.233 e. The van der Waals surface area contributed by atoms with Crippen LogP contribution in [0.25, 0.3) is 0 Å². The average molecular weight is 518 g/mol. The molecule has 0 spiro atoms. The van der Waals surface area contributed by atoms with Crippen LogP contribution in [0.5, 0.6) is 0 Å². The number of aliphatic imine (C=N–C) groups is 1. The van der Waals surface area contributed by atoms with Gasteiger partial charge < -0.3 is 15.4 Å². The summed E-state index contributed by atoms with van der Waals surface area (Å²) in [5, 5.41) is 6.56. The van der Waals surface area contributed by atoms with Crippen LogP contribution in [0, 0.1) is 23.7 Å². The number of nitrogens with one attached hydrogen (secondary N) is 2. The topological polar surface area (TPSA) is 83.0 Å². The van der Waals surface area contributed by atoms with E-state index in [1.807, 2.05) is 13.8 Å². The maximum Gasteiger partial charge on any atom is 0.233 e. The first kappa shape index (κ1) is 24.1. The molecule has 2 amide bonds. The highest BCUT2D eigenvalue weighted by Gasteiger charge is 2.58. The minimum atomic E-state index is -0.0957. The Kier molecular flexibility index (Phi) is 9.88. The molecule has 4 unspecified atom stereocenters. The first-order valence-electron chi connectivity index (χ1n) is 10.8. The third-order valence-electron chi connectivity index (χ3n) is 5.93. The average Bonchev–Trinajstić information content (AvgIpc) is 3.36. The van der Waals surface area contributed by atoms with Crippen molar-refractivity contribution in [1.29, 1.82) is 0 Å². The lowest BCUT2D eigenvalue weighted by Gasteiger charge is -2.17. The molecule has 0 aromatic carbocycles. The van der Waals surface area contributed by atoms with Gasteiger partial charge in [0.1, 0.15) is 0 Å². The number of fused-ring (bicyclic) bond motifs is 5. The highest BCUT2D eigenvalue weighted by molar-refractivity contribution is 14.0. The highest BCUT2D eigenvalue weighted by Crippen LogP contribution is 2.52. The number of carbonyl (C=O) groups excluding carboxylic acids is 2. The fraction of sp³-hybridized carbons (Fsp3) is 0.762. The van der Waals surface area contributed by atoms with Gasteiger partial charge in [-0.05, 0) is 51.4 Å². The van der Waals surface area contributed by atoms with Gasteiger partial charge in [-0.3, -0.25) is 19.5 Å². The molecule has 3 rings (SSSR count). The van der Waals surface area contributed by atoms with Gasteiger partial charge in [0.15, 0.2) is 5.96 Å². The summed E-state index contributed by atoms with van der Waals surface area (Å²) in [6.07, 6.45) is 7.99. The van der Waals surface area contributed by atoms with E-state index < -0.39 is 0 Å². The molecular weight excluding hydrogens is 483 g/mol. The number of halogens is 1. The lowest BCUT2D eigenvalue weighted by molar-refractivity contribution is -0.140. The van der Waals surface area contributed by atoms with Gasteiger partial charge in [-0.15, -0.1) is 24.0 Å². The molecule has 164 valence electrons. The third-order valence-corrected chi connectivity index (χ3v) is 5.93. The minimum Gasteiger partial charge on any atom is -0.382 e. The maximum atomic E-state index is 12.7. The van der Waals surface area contributed by atoms with Crippen LogP contribution in [0.4, 0.5) is 0 Å². The van der Waals surface area contributed by atoms with Crippen molar-refractivity contribution in [2.45, 2.75) is 39.5 Å². The van der Waals surface area contributed by atoms with Crippen molar-refractivity contribution in [2.75, 3.05) is 39.4 Å². The Morgan fingerprint density at radius 1 is 1.10 bits per heavy atom. The summed E-state index contributed by atoms with van der Waals surface area (Å²) in [5.74, 6) is 1.23. The monoisotopic (exact) mass is 518 g/mol. The van der Waals surface area contributed by atoms with Crippen molar-refractivity contribution in [2.24, 2.45) is 28.7 Å². The molecule has 0 aromatic heterocycles. The Bertz CT molecular complexity index is 595. The molecule has 0 aromatic rings. The fourth-order valence-electron chi connectivity index (χ4n) is 4.63. The number of imide groups is 1. The van der Waals surface area contributed by atoms with E-state index in [9.17, 15) is 9.59 Å². The molecule has 1 heterocycles. The number of carbonyl (C=O) groups is 2. The number of guanidine groups is 1. The van der Waals surface area contributed by atoms with Crippen molar-refractivity contribution < 1.29 is 14.3 Å². The predicted octanol–water partition coefficient (Wildman–Crippen LogP) is 2.17. The van der Waals surface area contributed by atoms with Gasteiger partial charge in [0, 0.05) is 39.4 Å². The second kappa shape index (κ2) is 11.9.